The molecule has 32 heavy (non-hydrogen) atoms. The summed E-state index contributed by atoms with van der Waals surface area (Å²) in [6.45, 7) is 1.02. The molecule has 0 spiro atoms. The summed E-state index contributed by atoms with van der Waals surface area (Å²) < 4.78 is 35.3. The Balaban J connectivity index is 1.71. The molecular formula is C21H21F2N3O5S. The summed E-state index contributed by atoms with van der Waals surface area (Å²) in [5.74, 6) is -2.91. The average Bonchev–Trinajstić information content (AvgIpc) is 2.98. The number of benzene rings is 2. The van der Waals surface area contributed by atoms with E-state index in [2.05, 4.69) is 10.6 Å². The minimum atomic E-state index is -2.55. The fourth-order valence-corrected chi connectivity index (χ4v) is 3.75. The number of nitrogens with one attached hydrogen (secondary N) is 2. The molecule has 2 aromatic carbocycles. The van der Waals surface area contributed by atoms with Gasteiger partial charge in [-0.15, -0.1) is 0 Å². The van der Waals surface area contributed by atoms with Crippen molar-refractivity contribution in [3.05, 3.63) is 48.0 Å². The van der Waals surface area contributed by atoms with Gasteiger partial charge in [0.05, 0.1) is 14.2 Å². The lowest BCUT2D eigenvalue weighted by Crippen LogP contribution is -2.42. The molecule has 0 radical (unpaired) electrons. The van der Waals surface area contributed by atoms with E-state index in [1.165, 1.54) is 45.4 Å². The number of alkyl halides is 2. The van der Waals surface area contributed by atoms with E-state index in [-0.39, 0.29) is 0 Å². The molecule has 11 heteroatoms. The van der Waals surface area contributed by atoms with Crippen molar-refractivity contribution in [1.82, 2.24) is 10.2 Å². The Hall–Kier alpha value is -3.34. The van der Waals surface area contributed by atoms with E-state index in [9.17, 15) is 23.2 Å². The van der Waals surface area contributed by atoms with Crippen LogP contribution >= 0.6 is 11.8 Å². The van der Waals surface area contributed by atoms with Crippen LogP contribution in [-0.2, 0) is 15.1 Å². The smallest absolute Gasteiger partial charge is 0.325 e. The fraction of sp³-hybridized carbons (Fsp3) is 0.286. The number of anilines is 1. The molecule has 8 nitrogen and oxygen atoms in total. The number of methoxy groups -OCH3 is 2. The highest BCUT2D eigenvalue weighted by atomic mass is 32.2. The summed E-state index contributed by atoms with van der Waals surface area (Å²) in [4.78, 5) is 39.1. The number of halogens is 2. The van der Waals surface area contributed by atoms with E-state index in [0.29, 0.717) is 39.4 Å². The van der Waals surface area contributed by atoms with Gasteiger partial charge in [0.2, 0.25) is 5.91 Å². The second-order valence-corrected chi connectivity index (χ2v) is 8.03. The lowest BCUT2D eigenvalue weighted by molar-refractivity contribution is -0.133. The number of rotatable bonds is 8. The van der Waals surface area contributed by atoms with Crippen LogP contribution in [0.25, 0.3) is 0 Å². The minimum Gasteiger partial charge on any atom is -0.493 e. The van der Waals surface area contributed by atoms with Gasteiger partial charge in [-0.25, -0.2) is 4.79 Å². The zero-order chi connectivity index (χ0) is 23.5. The van der Waals surface area contributed by atoms with Crippen LogP contribution in [-0.4, -0.2) is 49.3 Å². The van der Waals surface area contributed by atoms with Crippen molar-refractivity contribution < 1.29 is 32.6 Å². The predicted molar refractivity (Wildman–Crippen MR) is 114 cm³/mol. The van der Waals surface area contributed by atoms with Crippen LogP contribution in [0.5, 0.6) is 11.5 Å². The number of carbonyl (C=O) groups is 3. The monoisotopic (exact) mass is 465 g/mol. The Labute approximate surface area is 187 Å². The fourth-order valence-electron chi connectivity index (χ4n) is 3.25. The maximum atomic E-state index is 13.0. The van der Waals surface area contributed by atoms with E-state index in [0.717, 1.165) is 4.90 Å². The molecule has 1 saturated heterocycles. The standard InChI is InChI=1S/C21H21F2N3O5S/c1-21(12-4-9-15(30-2)16(10-12)31-3)18(28)26(20(29)25-21)11-17(27)24-13-5-7-14(8-6-13)32-19(22)23/h4-10,19H,11H2,1-3H3,(H,24,27)(H,25,29)/t21-/m1/s1. The highest BCUT2D eigenvalue weighted by molar-refractivity contribution is 7.99. The molecule has 2 aromatic rings. The molecule has 0 unspecified atom stereocenters. The number of amides is 4. The number of imide groups is 1. The van der Waals surface area contributed by atoms with Gasteiger partial charge in [-0.1, -0.05) is 17.8 Å². The molecule has 0 saturated carbocycles. The van der Waals surface area contributed by atoms with Gasteiger partial charge in [0.25, 0.3) is 11.7 Å². The Bertz CT molecular complexity index is 1030. The number of ether oxygens (including phenoxy) is 2. The molecule has 1 heterocycles. The van der Waals surface area contributed by atoms with Gasteiger partial charge >= 0.3 is 6.03 Å². The van der Waals surface area contributed by atoms with Crippen LogP contribution in [0.1, 0.15) is 12.5 Å². The molecule has 170 valence electrons. The molecule has 0 bridgehead atoms. The van der Waals surface area contributed by atoms with Gasteiger partial charge in [0.1, 0.15) is 12.1 Å². The van der Waals surface area contributed by atoms with Crippen molar-refractivity contribution in [2.24, 2.45) is 0 Å². The number of nitrogens with zero attached hydrogens (tertiary/aromatic N) is 1. The van der Waals surface area contributed by atoms with Crippen LogP contribution in [0.15, 0.2) is 47.4 Å². The Morgan fingerprint density at radius 3 is 2.38 bits per heavy atom. The van der Waals surface area contributed by atoms with Crippen molar-refractivity contribution in [1.29, 1.82) is 0 Å². The molecule has 4 amide bonds. The third-order valence-electron chi connectivity index (χ3n) is 4.90. The molecular weight excluding hydrogens is 444 g/mol. The molecule has 1 aliphatic rings. The Morgan fingerprint density at radius 1 is 1.12 bits per heavy atom. The summed E-state index contributed by atoms with van der Waals surface area (Å²) >= 11 is 0.387. The lowest BCUT2D eigenvalue weighted by atomic mass is 9.91. The second-order valence-electron chi connectivity index (χ2n) is 6.97. The van der Waals surface area contributed by atoms with Crippen LogP contribution in [0, 0.1) is 0 Å². The average molecular weight is 465 g/mol. The van der Waals surface area contributed by atoms with Gasteiger partial charge in [-0.05, 0) is 48.9 Å². The van der Waals surface area contributed by atoms with Gasteiger partial charge in [0, 0.05) is 10.6 Å². The van der Waals surface area contributed by atoms with E-state index >= 15 is 0 Å². The summed E-state index contributed by atoms with van der Waals surface area (Å²) in [7, 11) is 2.93. The lowest BCUT2D eigenvalue weighted by Gasteiger charge is -2.23. The zero-order valence-electron chi connectivity index (χ0n) is 17.5. The normalized spacial score (nSPS) is 18.0. The molecule has 1 aliphatic heterocycles. The third-order valence-corrected chi connectivity index (χ3v) is 5.62. The van der Waals surface area contributed by atoms with Crippen LogP contribution in [0.4, 0.5) is 19.3 Å². The summed E-state index contributed by atoms with van der Waals surface area (Å²) in [5, 5.41) is 5.16. The molecule has 2 N–H and O–H groups in total. The van der Waals surface area contributed by atoms with Crippen molar-refractivity contribution in [3.8, 4) is 11.5 Å². The zero-order valence-corrected chi connectivity index (χ0v) is 18.3. The third kappa shape index (κ3) is 4.77. The summed E-state index contributed by atoms with van der Waals surface area (Å²) in [5.41, 5.74) is -0.586. The van der Waals surface area contributed by atoms with Crippen LogP contribution in [0.2, 0.25) is 0 Å². The molecule has 1 atom stereocenters. The highest BCUT2D eigenvalue weighted by Gasteiger charge is 2.49. The maximum Gasteiger partial charge on any atom is 0.325 e. The summed E-state index contributed by atoms with van der Waals surface area (Å²) in [6, 6.07) is 9.91. The number of carbonyl (C=O) groups excluding carboxylic acids is 3. The number of urea groups is 1. The van der Waals surface area contributed by atoms with E-state index in [1.807, 2.05) is 0 Å². The first-order chi connectivity index (χ1) is 15.2. The Morgan fingerprint density at radius 2 is 1.78 bits per heavy atom. The number of thioether (sulfide) groups is 1. The van der Waals surface area contributed by atoms with E-state index in [4.69, 9.17) is 9.47 Å². The van der Waals surface area contributed by atoms with Gasteiger partial charge in [-0.2, -0.15) is 8.78 Å². The van der Waals surface area contributed by atoms with Crippen molar-refractivity contribution >= 4 is 35.3 Å². The van der Waals surface area contributed by atoms with Gasteiger partial charge < -0.3 is 20.1 Å². The van der Waals surface area contributed by atoms with Gasteiger partial charge in [0.15, 0.2) is 11.5 Å². The second kappa shape index (κ2) is 9.43. The number of hydrogen-bond donors (Lipinski definition) is 2. The van der Waals surface area contributed by atoms with Gasteiger partial charge in [-0.3, -0.25) is 14.5 Å². The first-order valence-electron chi connectivity index (χ1n) is 9.39. The highest BCUT2D eigenvalue weighted by Crippen LogP contribution is 2.35. The molecule has 0 aliphatic carbocycles. The number of hydrogen-bond acceptors (Lipinski definition) is 6. The predicted octanol–water partition coefficient (Wildman–Crippen LogP) is 3.42. The van der Waals surface area contributed by atoms with Crippen molar-refractivity contribution in [2.75, 3.05) is 26.1 Å². The van der Waals surface area contributed by atoms with Crippen LogP contribution in [0.3, 0.4) is 0 Å². The SMILES string of the molecule is COc1ccc([C@@]2(C)NC(=O)N(CC(=O)Nc3ccc(SC(F)F)cc3)C2=O)cc1OC. The minimum absolute atomic E-state index is 0.345. The first kappa shape index (κ1) is 23.3. The summed E-state index contributed by atoms with van der Waals surface area (Å²) in [6.07, 6.45) is 0. The largest absolute Gasteiger partial charge is 0.493 e. The molecule has 1 fully saturated rings. The van der Waals surface area contributed by atoms with Crippen molar-refractivity contribution in [2.45, 2.75) is 23.1 Å². The van der Waals surface area contributed by atoms with E-state index in [1.54, 1.807) is 18.2 Å². The molecule has 3 rings (SSSR count). The molecule has 0 aromatic heterocycles. The Kier molecular flexibility index (Phi) is 6.87. The maximum absolute atomic E-state index is 13.0. The van der Waals surface area contributed by atoms with E-state index < -0.39 is 35.7 Å². The van der Waals surface area contributed by atoms with Crippen LogP contribution < -0.4 is 20.1 Å². The topological polar surface area (TPSA) is 97.0 Å². The van der Waals surface area contributed by atoms with Crippen molar-refractivity contribution in [3.63, 3.8) is 0 Å². The first-order valence-corrected chi connectivity index (χ1v) is 10.3. The quantitative estimate of drug-likeness (QED) is 0.458.